The summed E-state index contributed by atoms with van der Waals surface area (Å²) in [6.45, 7) is 11.7. The number of aryl methyl sites for hydroxylation is 1. The molecule has 1 aromatic rings. The van der Waals surface area contributed by atoms with Gasteiger partial charge in [0.05, 0.1) is 0 Å². The van der Waals surface area contributed by atoms with Gasteiger partial charge in [0.25, 0.3) is 0 Å². The molecule has 19 heavy (non-hydrogen) atoms. The smallest absolute Gasteiger partial charge is 0.0388 e. The number of hydrogen-bond donors (Lipinski definition) is 1. The van der Waals surface area contributed by atoms with E-state index < -0.39 is 0 Å². The van der Waals surface area contributed by atoms with Gasteiger partial charge in [-0.1, -0.05) is 27.2 Å². The molecule has 0 saturated heterocycles. The normalized spacial score (nSPS) is 29.7. The molecule has 1 heterocycles. The van der Waals surface area contributed by atoms with Gasteiger partial charge < -0.3 is 5.32 Å². The molecule has 1 aliphatic rings. The predicted molar refractivity (Wildman–Crippen MR) is 85.7 cm³/mol. The fraction of sp³-hybridized carbons (Fsp3) is 0.765. The Morgan fingerprint density at radius 3 is 2.53 bits per heavy atom. The molecular formula is C17H29NS. The largest absolute Gasteiger partial charge is 0.306 e. The molecule has 1 aliphatic carbocycles. The maximum atomic E-state index is 3.92. The lowest BCUT2D eigenvalue weighted by molar-refractivity contribution is 0.161. The van der Waals surface area contributed by atoms with Gasteiger partial charge in [-0.25, -0.2) is 0 Å². The lowest BCUT2D eigenvalue weighted by Gasteiger charge is -2.39. The van der Waals surface area contributed by atoms with E-state index in [1.54, 1.807) is 0 Å². The molecule has 2 heteroatoms. The quantitative estimate of drug-likeness (QED) is 0.802. The van der Waals surface area contributed by atoms with E-state index in [1.165, 1.54) is 29.0 Å². The highest BCUT2D eigenvalue weighted by molar-refractivity contribution is 7.12. The predicted octanol–water partition coefficient (Wildman–Crippen LogP) is 5.17. The van der Waals surface area contributed by atoms with Crippen molar-refractivity contribution in [1.82, 2.24) is 5.32 Å². The van der Waals surface area contributed by atoms with Gasteiger partial charge in [0, 0.05) is 21.8 Å². The highest BCUT2D eigenvalue weighted by Gasteiger charge is 2.31. The number of hydrogen-bond acceptors (Lipinski definition) is 2. The summed E-state index contributed by atoms with van der Waals surface area (Å²) in [5.74, 6) is 2.52. The van der Waals surface area contributed by atoms with Gasteiger partial charge in [0.1, 0.15) is 0 Å². The lowest BCUT2D eigenvalue weighted by Crippen LogP contribution is -2.43. The second-order valence-corrected chi connectivity index (χ2v) is 8.09. The van der Waals surface area contributed by atoms with Gasteiger partial charge in [0.15, 0.2) is 0 Å². The first kappa shape index (κ1) is 15.1. The van der Waals surface area contributed by atoms with E-state index in [0.29, 0.717) is 12.1 Å². The zero-order chi connectivity index (χ0) is 14.0. The summed E-state index contributed by atoms with van der Waals surface area (Å²) in [7, 11) is 0. The van der Waals surface area contributed by atoms with Gasteiger partial charge in [-0.15, -0.1) is 11.3 Å². The molecule has 1 fully saturated rings. The Labute approximate surface area is 122 Å². The fourth-order valence-electron chi connectivity index (χ4n) is 3.48. The van der Waals surface area contributed by atoms with Gasteiger partial charge in [-0.2, -0.15) is 0 Å². The van der Waals surface area contributed by atoms with Crippen LogP contribution < -0.4 is 5.32 Å². The molecule has 0 aliphatic heterocycles. The van der Waals surface area contributed by atoms with Gasteiger partial charge in [-0.3, -0.25) is 0 Å². The summed E-state index contributed by atoms with van der Waals surface area (Å²) >= 11 is 1.93. The summed E-state index contributed by atoms with van der Waals surface area (Å²) in [6.07, 6.45) is 4.15. The third-order valence-corrected chi connectivity index (χ3v) is 5.86. The second-order valence-electron chi connectivity index (χ2n) is 6.77. The van der Waals surface area contributed by atoms with Crippen molar-refractivity contribution in [3.05, 3.63) is 21.9 Å². The topological polar surface area (TPSA) is 12.0 Å². The van der Waals surface area contributed by atoms with Crippen LogP contribution in [0, 0.1) is 24.7 Å². The van der Waals surface area contributed by atoms with Crippen LogP contribution in [0.15, 0.2) is 12.1 Å². The van der Waals surface area contributed by atoms with Crippen molar-refractivity contribution in [3.63, 3.8) is 0 Å². The molecule has 1 saturated carbocycles. The van der Waals surface area contributed by atoms with Crippen LogP contribution in [0.5, 0.6) is 0 Å². The SMILES string of the molecule is Cc1ccc(C(C)NC2CC(C)CCC2C(C)C)s1. The summed E-state index contributed by atoms with van der Waals surface area (Å²) in [4.78, 5) is 2.90. The van der Waals surface area contributed by atoms with E-state index in [2.05, 4.69) is 52.1 Å². The molecule has 0 amide bonds. The zero-order valence-corrected chi connectivity index (χ0v) is 13.9. The number of thiophene rings is 1. The minimum absolute atomic E-state index is 0.496. The van der Waals surface area contributed by atoms with Crippen LogP contribution in [0.4, 0.5) is 0 Å². The number of rotatable bonds is 4. The van der Waals surface area contributed by atoms with Crippen molar-refractivity contribution in [2.75, 3.05) is 0 Å². The number of nitrogens with one attached hydrogen (secondary N) is 1. The lowest BCUT2D eigenvalue weighted by atomic mass is 9.74. The second kappa shape index (κ2) is 6.41. The minimum atomic E-state index is 0.496. The van der Waals surface area contributed by atoms with Crippen molar-refractivity contribution < 1.29 is 0 Å². The van der Waals surface area contributed by atoms with Crippen molar-refractivity contribution in [2.24, 2.45) is 17.8 Å². The Balaban J connectivity index is 2.02. The summed E-state index contributed by atoms with van der Waals surface area (Å²) < 4.78 is 0. The zero-order valence-electron chi connectivity index (χ0n) is 13.1. The van der Waals surface area contributed by atoms with Gasteiger partial charge in [0.2, 0.25) is 0 Å². The standard InChI is InChI=1S/C17H29NS/c1-11(2)15-8-6-12(3)10-16(15)18-14(5)17-9-7-13(4)19-17/h7,9,11-12,14-16,18H,6,8,10H2,1-5H3. The first-order valence-corrected chi connectivity index (χ1v) is 8.61. The Kier molecular flexibility index (Phi) is 5.08. The summed E-state index contributed by atoms with van der Waals surface area (Å²) in [5, 5.41) is 3.92. The van der Waals surface area contributed by atoms with Crippen LogP contribution in [0.25, 0.3) is 0 Å². The van der Waals surface area contributed by atoms with E-state index in [0.717, 1.165) is 17.8 Å². The van der Waals surface area contributed by atoms with E-state index >= 15 is 0 Å². The van der Waals surface area contributed by atoms with E-state index in [1.807, 2.05) is 11.3 Å². The molecular weight excluding hydrogens is 250 g/mol. The van der Waals surface area contributed by atoms with Crippen LogP contribution in [0.1, 0.15) is 62.8 Å². The Bertz CT molecular complexity index is 396. The molecule has 0 aromatic carbocycles. The molecule has 2 rings (SSSR count). The van der Waals surface area contributed by atoms with Crippen molar-refractivity contribution >= 4 is 11.3 Å². The van der Waals surface area contributed by atoms with Crippen LogP contribution in [-0.4, -0.2) is 6.04 Å². The van der Waals surface area contributed by atoms with Crippen LogP contribution >= 0.6 is 11.3 Å². The van der Waals surface area contributed by atoms with Crippen molar-refractivity contribution in [1.29, 1.82) is 0 Å². The average Bonchev–Trinajstić information content (AvgIpc) is 2.75. The molecule has 4 unspecified atom stereocenters. The van der Waals surface area contributed by atoms with Crippen LogP contribution in [-0.2, 0) is 0 Å². The fourth-order valence-corrected chi connectivity index (χ4v) is 4.37. The Morgan fingerprint density at radius 2 is 1.95 bits per heavy atom. The molecule has 0 spiro atoms. The Morgan fingerprint density at radius 1 is 1.21 bits per heavy atom. The van der Waals surface area contributed by atoms with E-state index in [4.69, 9.17) is 0 Å². The molecule has 108 valence electrons. The first-order chi connectivity index (χ1) is 8.97. The summed E-state index contributed by atoms with van der Waals surface area (Å²) in [5.41, 5.74) is 0. The maximum Gasteiger partial charge on any atom is 0.0388 e. The third kappa shape index (κ3) is 3.82. The molecule has 1 nitrogen and oxygen atoms in total. The van der Waals surface area contributed by atoms with Crippen LogP contribution in [0.3, 0.4) is 0 Å². The monoisotopic (exact) mass is 279 g/mol. The molecule has 0 bridgehead atoms. The van der Waals surface area contributed by atoms with Crippen molar-refractivity contribution in [2.45, 2.75) is 66.0 Å². The molecule has 1 aromatic heterocycles. The molecule has 1 N–H and O–H groups in total. The van der Waals surface area contributed by atoms with Crippen molar-refractivity contribution in [3.8, 4) is 0 Å². The minimum Gasteiger partial charge on any atom is -0.306 e. The van der Waals surface area contributed by atoms with E-state index in [9.17, 15) is 0 Å². The first-order valence-electron chi connectivity index (χ1n) is 7.79. The Hall–Kier alpha value is -0.340. The highest BCUT2D eigenvalue weighted by Crippen LogP contribution is 2.35. The summed E-state index contributed by atoms with van der Waals surface area (Å²) in [6, 6.07) is 5.71. The van der Waals surface area contributed by atoms with Crippen LogP contribution in [0.2, 0.25) is 0 Å². The maximum absolute atomic E-state index is 3.92. The molecule has 0 radical (unpaired) electrons. The highest BCUT2D eigenvalue weighted by atomic mass is 32.1. The van der Waals surface area contributed by atoms with E-state index in [-0.39, 0.29) is 0 Å². The van der Waals surface area contributed by atoms with Gasteiger partial charge in [-0.05, 0) is 56.6 Å². The third-order valence-electron chi connectivity index (χ3n) is 4.67. The molecule has 4 atom stereocenters. The average molecular weight is 279 g/mol. The van der Waals surface area contributed by atoms with Gasteiger partial charge >= 0.3 is 0 Å².